The SMILES string of the molecule is CC(C)(CO)COc1ccc(I)nc1. The number of pyridine rings is 1. The lowest BCUT2D eigenvalue weighted by molar-refractivity contribution is 0.0973. The Morgan fingerprint density at radius 2 is 2.21 bits per heavy atom. The van der Waals surface area contributed by atoms with Gasteiger partial charge in [-0.25, -0.2) is 4.98 Å². The van der Waals surface area contributed by atoms with E-state index in [4.69, 9.17) is 9.84 Å². The number of rotatable bonds is 4. The molecule has 0 fully saturated rings. The molecule has 1 aromatic heterocycles. The first-order chi connectivity index (χ1) is 6.53. The molecule has 0 radical (unpaired) electrons. The maximum absolute atomic E-state index is 9.02. The first kappa shape index (κ1) is 11.7. The van der Waals surface area contributed by atoms with E-state index in [1.807, 2.05) is 26.0 Å². The van der Waals surface area contributed by atoms with Crippen molar-refractivity contribution in [3.63, 3.8) is 0 Å². The number of aliphatic hydroxyl groups excluding tert-OH is 1. The second kappa shape index (κ2) is 4.93. The van der Waals surface area contributed by atoms with Gasteiger partial charge in [0.15, 0.2) is 0 Å². The molecule has 1 N–H and O–H groups in total. The van der Waals surface area contributed by atoms with Gasteiger partial charge in [-0.15, -0.1) is 0 Å². The zero-order valence-corrected chi connectivity index (χ0v) is 10.5. The fourth-order valence-electron chi connectivity index (χ4n) is 0.772. The molecular formula is C10H14INO2. The van der Waals surface area contributed by atoms with Crippen LogP contribution in [0.4, 0.5) is 0 Å². The van der Waals surface area contributed by atoms with Gasteiger partial charge >= 0.3 is 0 Å². The molecule has 0 aliphatic heterocycles. The number of halogens is 1. The number of hydrogen-bond donors (Lipinski definition) is 1. The summed E-state index contributed by atoms with van der Waals surface area (Å²) in [5.41, 5.74) is -0.205. The molecule has 1 rings (SSSR count). The van der Waals surface area contributed by atoms with Crippen molar-refractivity contribution in [2.24, 2.45) is 5.41 Å². The molecule has 3 nitrogen and oxygen atoms in total. The molecule has 4 heteroatoms. The third kappa shape index (κ3) is 3.79. The smallest absolute Gasteiger partial charge is 0.137 e. The Labute approximate surface area is 97.6 Å². The van der Waals surface area contributed by atoms with Crippen LogP contribution in [0.2, 0.25) is 0 Å². The third-order valence-corrected chi connectivity index (χ3v) is 2.40. The van der Waals surface area contributed by atoms with Crippen molar-refractivity contribution >= 4 is 22.6 Å². The third-order valence-electron chi connectivity index (χ3n) is 1.76. The molecule has 0 spiro atoms. The minimum atomic E-state index is -0.205. The summed E-state index contributed by atoms with van der Waals surface area (Å²) in [7, 11) is 0. The number of aliphatic hydroxyl groups is 1. The first-order valence-corrected chi connectivity index (χ1v) is 5.47. The van der Waals surface area contributed by atoms with Gasteiger partial charge in [-0.05, 0) is 34.7 Å². The van der Waals surface area contributed by atoms with Crippen LogP contribution in [-0.2, 0) is 0 Å². The van der Waals surface area contributed by atoms with E-state index in [-0.39, 0.29) is 12.0 Å². The van der Waals surface area contributed by atoms with Crippen molar-refractivity contribution in [2.45, 2.75) is 13.8 Å². The fourth-order valence-corrected chi connectivity index (χ4v) is 1.09. The van der Waals surface area contributed by atoms with E-state index < -0.39 is 0 Å². The van der Waals surface area contributed by atoms with Crippen molar-refractivity contribution in [1.82, 2.24) is 4.98 Å². The normalized spacial score (nSPS) is 11.4. The molecule has 0 amide bonds. The van der Waals surface area contributed by atoms with Gasteiger partial charge in [0.05, 0.1) is 19.4 Å². The average molecular weight is 307 g/mol. The maximum atomic E-state index is 9.02. The summed E-state index contributed by atoms with van der Waals surface area (Å²) in [6.45, 7) is 4.51. The van der Waals surface area contributed by atoms with Crippen molar-refractivity contribution in [3.05, 3.63) is 22.0 Å². The summed E-state index contributed by atoms with van der Waals surface area (Å²) in [6.07, 6.45) is 1.69. The van der Waals surface area contributed by atoms with Crippen LogP contribution in [0.3, 0.4) is 0 Å². The predicted molar refractivity (Wildman–Crippen MR) is 63.3 cm³/mol. The summed E-state index contributed by atoms with van der Waals surface area (Å²) in [5.74, 6) is 0.743. The van der Waals surface area contributed by atoms with Crippen LogP contribution in [0.15, 0.2) is 18.3 Å². The molecule has 0 aromatic carbocycles. The van der Waals surface area contributed by atoms with E-state index in [1.165, 1.54) is 0 Å². The van der Waals surface area contributed by atoms with Crippen LogP contribution in [0, 0.1) is 9.12 Å². The average Bonchev–Trinajstić information content (AvgIpc) is 2.17. The number of ether oxygens (including phenoxy) is 1. The summed E-state index contributed by atoms with van der Waals surface area (Å²) < 4.78 is 6.43. The van der Waals surface area contributed by atoms with Crippen molar-refractivity contribution < 1.29 is 9.84 Å². The second-order valence-electron chi connectivity index (χ2n) is 3.93. The van der Waals surface area contributed by atoms with E-state index in [1.54, 1.807) is 6.20 Å². The predicted octanol–water partition coefficient (Wildman–Crippen LogP) is 2.08. The van der Waals surface area contributed by atoms with Gasteiger partial charge < -0.3 is 9.84 Å². The topological polar surface area (TPSA) is 42.4 Å². The highest BCUT2D eigenvalue weighted by Crippen LogP contribution is 2.17. The lowest BCUT2D eigenvalue weighted by Crippen LogP contribution is -2.25. The van der Waals surface area contributed by atoms with Gasteiger partial charge in [-0.2, -0.15) is 0 Å². The van der Waals surface area contributed by atoms with Crippen molar-refractivity contribution in [3.8, 4) is 5.75 Å². The second-order valence-corrected chi connectivity index (χ2v) is 5.03. The van der Waals surface area contributed by atoms with Crippen LogP contribution in [0.25, 0.3) is 0 Å². The molecule has 0 saturated carbocycles. The van der Waals surface area contributed by atoms with E-state index in [0.29, 0.717) is 6.61 Å². The van der Waals surface area contributed by atoms with Crippen LogP contribution in [0.5, 0.6) is 5.75 Å². The number of aromatic nitrogens is 1. The monoisotopic (exact) mass is 307 g/mol. The summed E-state index contributed by atoms with van der Waals surface area (Å²) >= 11 is 2.14. The maximum Gasteiger partial charge on any atom is 0.137 e. The van der Waals surface area contributed by atoms with E-state index in [2.05, 4.69) is 27.6 Å². The van der Waals surface area contributed by atoms with E-state index >= 15 is 0 Å². The minimum absolute atomic E-state index is 0.116. The molecule has 0 bridgehead atoms. The van der Waals surface area contributed by atoms with Gasteiger partial charge in [-0.1, -0.05) is 13.8 Å². The van der Waals surface area contributed by atoms with Gasteiger partial charge in [-0.3, -0.25) is 0 Å². The highest BCUT2D eigenvalue weighted by molar-refractivity contribution is 14.1. The fraction of sp³-hybridized carbons (Fsp3) is 0.500. The highest BCUT2D eigenvalue weighted by atomic mass is 127. The Morgan fingerprint density at radius 3 is 2.71 bits per heavy atom. The number of hydrogen-bond acceptors (Lipinski definition) is 3. The Balaban J connectivity index is 2.50. The van der Waals surface area contributed by atoms with Gasteiger partial charge in [0.2, 0.25) is 0 Å². The molecular weight excluding hydrogens is 293 g/mol. The Morgan fingerprint density at radius 1 is 1.50 bits per heavy atom. The molecule has 1 aromatic rings. The van der Waals surface area contributed by atoms with Crippen LogP contribution in [-0.4, -0.2) is 23.3 Å². The van der Waals surface area contributed by atoms with Crippen LogP contribution >= 0.6 is 22.6 Å². The van der Waals surface area contributed by atoms with Crippen molar-refractivity contribution in [2.75, 3.05) is 13.2 Å². The van der Waals surface area contributed by atoms with Crippen molar-refractivity contribution in [1.29, 1.82) is 0 Å². The highest BCUT2D eigenvalue weighted by Gasteiger charge is 2.17. The quantitative estimate of drug-likeness (QED) is 0.684. The molecule has 0 aliphatic carbocycles. The molecule has 78 valence electrons. The lowest BCUT2D eigenvalue weighted by atomic mass is 9.97. The zero-order valence-electron chi connectivity index (χ0n) is 8.33. The Bertz CT molecular complexity index is 285. The summed E-state index contributed by atoms with van der Waals surface area (Å²) in [5, 5.41) is 9.02. The summed E-state index contributed by atoms with van der Waals surface area (Å²) in [4.78, 5) is 4.10. The van der Waals surface area contributed by atoms with Crippen LogP contribution in [0.1, 0.15) is 13.8 Å². The Hall–Kier alpha value is -0.360. The molecule has 0 unspecified atom stereocenters. The van der Waals surface area contributed by atoms with Gasteiger partial charge in [0, 0.05) is 5.41 Å². The largest absolute Gasteiger partial charge is 0.491 e. The molecule has 0 aliphatic rings. The van der Waals surface area contributed by atoms with Crippen LogP contribution < -0.4 is 4.74 Å². The molecule has 0 saturated heterocycles. The molecule has 14 heavy (non-hydrogen) atoms. The standard InChI is InChI=1S/C10H14INO2/c1-10(2,6-13)7-14-8-3-4-9(11)12-5-8/h3-5,13H,6-7H2,1-2H3. The number of nitrogens with zero attached hydrogens (tertiary/aromatic N) is 1. The zero-order chi connectivity index (χ0) is 10.6. The van der Waals surface area contributed by atoms with E-state index in [9.17, 15) is 0 Å². The van der Waals surface area contributed by atoms with E-state index in [0.717, 1.165) is 9.45 Å². The lowest BCUT2D eigenvalue weighted by Gasteiger charge is -2.21. The first-order valence-electron chi connectivity index (χ1n) is 4.39. The molecule has 1 heterocycles. The molecule has 0 atom stereocenters. The van der Waals surface area contributed by atoms with Gasteiger partial charge in [0.1, 0.15) is 9.45 Å². The minimum Gasteiger partial charge on any atom is -0.491 e. The van der Waals surface area contributed by atoms with Gasteiger partial charge in [0.25, 0.3) is 0 Å². The summed E-state index contributed by atoms with van der Waals surface area (Å²) in [6, 6.07) is 3.77. The Kier molecular flexibility index (Phi) is 4.12.